The summed E-state index contributed by atoms with van der Waals surface area (Å²) in [5.41, 5.74) is -1.38. The second-order valence-electron chi connectivity index (χ2n) is 10.3. The van der Waals surface area contributed by atoms with Gasteiger partial charge in [-0.25, -0.2) is 4.79 Å². The normalized spacial score (nSPS) is 38.2. The summed E-state index contributed by atoms with van der Waals surface area (Å²) in [7, 11) is 0. The highest BCUT2D eigenvalue weighted by molar-refractivity contribution is 5.79. The van der Waals surface area contributed by atoms with Gasteiger partial charge in [-0.1, -0.05) is 54.4 Å². The molecule has 0 aromatic carbocycles. The van der Waals surface area contributed by atoms with Gasteiger partial charge in [0.15, 0.2) is 5.60 Å². The lowest BCUT2D eigenvalue weighted by atomic mass is 9.64. The van der Waals surface area contributed by atoms with Crippen molar-refractivity contribution in [3.05, 3.63) is 0 Å². The quantitative estimate of drug-likeness (QED) is 0.658. The van der Waals surface area contributed by atoms with Gasteiger partial charge in [0, 0.05) is 5.92 Å². The molecule has 0 bridgehead atoms. The van der Waals surface area contributed by atoms with Crippen molar-refractivity contribution < 1.29 is 14.6 Å². The van der Waals surface area contributed by atoms with Gasteiger partial charge in [0.05, 0.1) is 0 Å². The number of aliphatic hydroxyl groups is 1. The zero-order valence-electron chi connectivity index (χ0n) is 18.1. The number of hydrogen-bond acceptors (Lipinski definition) is 3. The summed E-state index contributed by atoms with van der Waals surface area (Å²) < 4.78 is 6.03. The van der Waals surface area contributed by atoms with Gasteiger partial charge in [0.1, 0.15) is 6.10 Å². The SMILES string of the molecule is CC1CCC(C(C)C)C(OC(=O)C(C)(O)C2CC(C)CCC2C(C)C)C1. The molecule has 7 unspecified atom stereocenters. The third-order valence-corrected chi connectivity index (χ3v) is 7.38. The number of esters is 1. The van der Waals surface area contributed by atoms with E-state index in [4.69, 9.17) is 4.74 Å². The molecule has 2 saturated carbocycles. The molecule has 152 valence electrons. The van der Waals surface area contributed by atoms with E-state index < -0.39 is 5.60 Å². The first-order valence-electron chi connectivity index (χ1n) is 11.0. The maximum atomic E-state index is 13.1. The van der Waals surface area contributed by atoms with E-state index in [1.54, 1.807) is 6.92 Å². The van der Waals surface area contributed by atoms with Crippen LogP contribution < -0.4 is 0 Å². The Labute approximate surface area is 161 Å². The van der Waals surface area contributed by atoms with E-state index in [1.165, 1.54) is 12.8 Å². The molecule has 0 aliphatic heterocycles. The van der Waals surface area contributed by atoms with Crippen LogP contribution in [0.25, 0.3) is 0 Å². The molecule has 1 N–H and O–H groups in total. The Morgan fingerprint density at radius 2 is 1.42 bits per heavy atom. The molecule has 26 heavy (non-hydrogen) atoms. The van der Waals surface area contributed by atoms with Gasteiger partial charge < -0.3 is 9.84 Å². The number of hydrogen-bond donors (Lipinski definition) is 1. The third kappa shape index (κ3) is 4.82. The molecule has 7 atom stereocenters. The van der Waals surface area contributed by atoms with E-state index in [0.29, 0.717) is 35.5 Å². The average molecular weight is 367 g/mol. The van der Waals surface area contributed by atoms with Crippen molar-refractivity contribution in [2.24, 2.45) is 41.4 Å². The standard InChI is InChI=1S/C23H42O3/c1-14(2)18-10-8-16(5)12-20(18)23(7,25)22(24)26-21-13-17(6)9-11-19(21)15(3)4/h14-21,25H,8-13H2,1-7H3. The molecule has 2 rings (SSSR count). The van der Waals surface area contributed by atoms with E-state index in [0.717, 1.165) is 25.7 Å². The van der Waals surface area contributed by atoms with Crippen molar-refractivity contribution in [3.8, 4) is 0 Å². The van der Waals surface area contributed by atoms with Crippen LogP contribution in [0.3, 0.4) is 0 Å². The Bertz CT molecular complexity index is 468. The van der Waals surface area contributed by atoms with Crippen LogP contribution in [0.4, 0.5) is 0 Å². The molecular formula is C23H42O3. The maximum absolute atomic E-state index is 13.1. The van der Waals surface area contributed by atoms with Crippen molar-refractivity contribution in [2.75, 3.05) is 0 Å². The molecule has 2 fully saturated rings. The van der Waals surface area contributed by atoms with Gasteiger partial charge in [-0.15, -0.1) is 0 Å². The zero-order valence-corrected chi connectivity index (χ0v) is 18.1. The van der Waals surface area contributed by atoms with Gasteiger partial charge in [0.2, 0.25) is 0 Å². The van der Waals surface area contributed by atoms with Crippen LogP contribution in [-0.4, -0.2) is 22.8 Å². The van der Waals surface area contributed by atoms with E-state index in [-0.39, 0.29) is 18.0 Å². The Hall–Kier alpha value is -0.570. The smallest absolute Gasteiger partial charge is 0.338 e. The third-order valence-electron chi connectivity index (χ3n) is 7.38. The second kappa shape index (κ2) is 8.63. The van der Waals surface area contributed by atoms with Crippen molar-refractivity contribution in [3.63, 3.8) is 0 Å². The molecular weight excluding hydrogens is 324 g/mol. The van der Waals surface area contributed by atoms with Gasteiger partial charge in [-0.05, 0) is 68.1 Å². The van der Waals surface area contributed by atoms with Gasteiger partial charge in [-0.2, -0.15) is 0 Å². The van der Waals surface area contributed by atoms with Gasteiger partial charge in [0.25, 0.3) is 0 Å². The molecule has 0 spiro atoms. The van der Waals surface area contributed by atoms with Crippen LogP contribution in [-0.2, 0) is 9.53 Å². The number of carbonyl (C=O) groups is 1. The molecule has 0 amide bonds. The highest BCUT2D eigenvalue weighted by Crippen LogP contribution is 2.44. The van der Waals surface area contributed by atoms with Crippen molar-refractivity contribution in [1.29, 1.82) is 0 Å². The van der Waals surface area contributed by atoms with Crippen LogP contribution in [0.5, 0.6) is 0 Å². The molecule has 0 saturated heterocycles. The Balaban J connectivity index is 2.14. The van der Waals surface area contributed by atoms with Crippen molar-refractivity contribution >= 4 is 5.97 Å². The fourth-order valence-electron chi connectivity index (χ4n) is 5.51. The molecule has 2 aliphatic carbocycles. The van der Waals surface area contributed by atoms with E-state index >= 15 is 0 Å². The highest BCUT2D eigenvalue weighted by Gasteiger charge is 2.48. The number of carbonyl (C=O) groups excluding carboxylic acids is 1. The molecule has 0 radical (unpaired) electrons. The Morgan fingerprint density at radius 1 is 0.923 bits per heavy atom. The molecule has 3 heteroatoms. The minimum Gasteiger partial charge on any atom is -0.460 e. The summed E-state index contributed by atoms with van der Waals surface area (Å²) in [6.07, 6.45) is 6.42. The lowest BCUT2D eigenvalue weighted by Crippen LogP contribution is -2.52. The van der Waals surface area contributed by atoms with Gasteiger partial charge in [-0.3, -0.25) is 0 Å². The molecule has 3 nitrogen and oxygen atoms in total. The molecule has 0 heterocycles. The monoisotopic (exact) mass is 366 g/mol. The number of ether oxygens (including phenoxy) is 1. The fourth-order valence-corrected chi connectivity index (χ4v) is 5.51. The van der Waals surface area contributed by atoms with Crippen LogP contribution >= 0.6 is 0 Å². The summed E-state index contributed by atoms with van der Waals surface area (Å²) >= 11 is 0. The van der Waals surface area contributed by atoms with Crippen LogP contribution in [0.1, 0.15) is 87.0 Å². The van der Waals surface area contributed by atoms with E-state index in [9.17, 15) is 9.90 Å². The zero-order chi connectivity index (χ0) is 19.6. The summed E-state index contributed by atoms with van der Waals surface area (Å²) in [4.78, 5) is 13.1. The van der Waals surface area contributed by atoms with Gasteiger partial charge >= 0.3 is 5.97 Å². The van der Waals surface area contributed by atoms with Crippen LogP contribution in [0.15, 0.2) is 0 Å². The lowest BCUT2D eigenvalue weighted by Gasteiger charge is -2.45. The lowest BCUT2D eigenvalue weighted by molar-refractivity contribution is -0.187. The Kier molecular flexibility index (Phi) is 7.21. The molecule has 0 aromatic heterocycles. The summed E-state index contributed by atoms with van der Waals surface area (Å²) in [5.74, 6) is 2.55. The first-order valence-corrected chi connectivity index (χ1v) is 11.0. The number of rotatable bonds is 5. The molecule has 0 aromatic rings. The summed E-state index contributed by atoms with van der Waals surface area (Å²) in [5, 5.41) is 11.3. The first-order chi connectivity index (χ1) is 12.0. The summed E-state index contributed by atoms with van der Waals surface area (Å²) in [6.45, 7) is 15.1. The predicted octanol–water partition coefficient (Wildman–Crippen LogP) is 5.45. The minimum atomic E-state index is -1.38. The maximum Gasteiger partial charge on any atom is 0.338 e. The molecule has 2 aliphatic rings. The minimum absolute atomic E-state index is 0.00253. The predicted molar refractivity (Wildman–Crippen MR) is 107 cm³/mol. The van der Waals surface area contributed by atoms with Crippen molar-refractivity contribution in [1.82, 2.24) is 0 Å². The summed E-state index contributed by atoms with van der Waals surface area (Å²) in [6, 6.07) is 0. The topological polar surface area (TPSA) is 46.5 Å². The van der Waals surface area contributed by atoms with E-state index in [1.807, 2.05) is 0 Å². The average Bonchev–Trinajstić information content (AvgIpc) is 2.54. The first kappa shape index (κ1) is 21.7. The Morgan fingerprint density at radius 3 is 1.96 bits per heavy atom. The fraction of sp³-hybridized carbons (Fsp3) is 0.957. The van der Waals surface area contributed by atoms with Crippen LogP contribution in [0.2, 0.25) is 0 Å². The van der Waals surface area contributed by atoms with Crippen LogP contribution in [0, 0.1) is 41.4 Å². The van der Waals surface area contributed by atoms with E-state index in [2.05, 4.69) is 41.5 Å². The second-order valence-corrected chi connectivity index (χ2v) is 10.3. The highest BCUT2D eigenvalue weighted by atomic mass is 16.6. The largest absolute Gasteiger partial charge is 0.460 e. The van der Waals surface area contributed by atoms with Crippen molar-refractivity contribution in [2.45, 2.75) is 98.7 Å².